The van der Waals surface area contributed by atoms with Gasteiger partial charge >= 0.3 is 12.1 Å². The van der Waals surface area contributed by atoms with Crippen LogP contribution in [0.5, 0.6) is 0 Å². The first-order chi connectivity index (χ1) is 15.2. The standard InChI is InChI=1S/C21H31N5O5S2/c1-20(2,3)30-16(28)13-11(9-32-18-24-23-17(22)33-18)7-10-8-25(19(29)31-21(4,5)6)14-12(10)26(13)15(14)27/h10-14H,7-9H2,1-6H3,(H2,22,23)/t10-,11?,12?,13?,14+/m1/s1. The van der Waals surface area contributed by atoms with E-state index in [0.29, 0.717) is 28.2 Å². The predicted octanol–water partition coefficient (Wildman–Crippen LogP) is 2.39. The molecule has 182 valence electrons. The molecule has 0 bridgehead atoms. The van der Waals surface area contributed by atoms with Crippen molar-refractivity contribution in [2.24, 2.45) is 11.8 Å². The molecule has 3 fully saturated rings. The molecule has 4 rings (SSSR count). The van der Waals surface area contributed by atoms with E-state index in [1.165, 1.54) is 28.0 Å². The maximum Gasteiger partial charge on any atom is 0.411 e. The van der Waals surface area contributed by atoms with Crippen LogP contribution in [0, 0.1) is 11.8 Å². The zero-order chi connectivity index (χ0) is 24.3. The molecular weight excluding hydrogens is 466 g/mol. The van der Waals surface area contributed by atoms with E-state index in [1.807, 2.05) is 20.8 Å². The Morgan fingerprint density at radius 1 is 1.15 bits per heavy atom. The van der Waals surface area contributed by atoms with Crippen molar-refractivity contribution in [1.82, 2.24) is 20.0 Å². The summed E-state index contributed by atoms with van der Waals surface area (Å²) in [5.74, 6) is -0.156. The molecule has 0 aliphatic carbocycles. The van der Waals surface area contributed by atoms with Gasteiger partial charge in [0.15, 0.2) is 4.34 Å². The van der Waals surface area contributed by atoms with E-state index in [0.717, 1.165) is 0 Å². The van der Waals surface area contributed by atoms with Crippen LogP contribution in [0.15, 0.2) is 4.34 Å². The van der Waals surface area contributed by atoms with Gasteiger partial charge in [0.2, 0.25) is 11.0 Å². The maximum atomic E-state index is 13.3. The van der Waals surface area contributed by atoms with Gasteiger partial charge in [0.25, 0.3) is 0 Å². The van der Waals surface area contributed by atoms with Crippen LogP contribution in [0.1, 0.15) is 48.0 Å². The number of β-lactam (4-membered cyclic amide) rings is 1. The topological polar surface area (TPSA) is 128 Å². The second kappa shape index (κ2) is 8.30. The number of amides is 2. The van der Waals surface area contributed by atoms with Gasteiger partial charge in [-0.25, -0.2) is 9.59 Å². The molecule has 5 atom stereocenters. The molecular formula is C21H31N5O5S2. The minimum Gasteiger partial charge on any atom is -0.458 e. The third-order valence-electron chi connectivity index (χ3n) is 5.87. The largest absolute Gasteiger partial charge is 0.458 e. The van der Waals surface area contributed by atoms with Gasteiger partial charge in [-0.15, -0.1) is 10.2 Å². The van der Waals surface area contributed by atoms with Crippen LogP contribution in [0.3, 0.4) is 0 Å². The molecule has 0 radical (unpaired) electrons. The third kappa shape index (κ3) is 4.77. The van der Waals surface area contributed by atoms with Crippen molar-refractivity contribution in [3.63, 3.8) is 0 Å². The number of anilines is 1. The van der Waals surface area contributed by atoms with Gasteiger partial charge in [0.05, 0.1) is 6.04 Å². The van der Waals surface area contributed by atoms with E-state index in [1.54, 1.807) is 25.7 Å². The van der Waals surface area contributed by atoms with E-state index in [9.17, 15) is 14.4 Å². The number of nitrogens with two attached hydrogens (primary N) is 1. The van der Waals surface area contributed by atoms with Crippen molar-refractivity contribution in [3.8, 4) is 0 Å². The lowest BCUT2D eigenvalue weighted by atomic mass is 9.74. The molecule has 0 saturated carbocycles. The van der Waals surface area contributed by atoms with Crippen LogP contribution in [-0.4, -0.2) is 79.6 Å². The SMILES string of the molecule is CC(C)(C)OC(=O)C1C(CSc2nnc(N)s2)C[C@@H]2CN(C(=O)OC(C)(C)C)[C@@H]3C(=O)N1C23. The Labute approximate surface area is 201 Å². The summed E-state index contributed by atoms with van der Waals surface area (Å²) in [6, 6.07) is -1.47. The average molecular weight is 498 g/mol. The van der Waals surface area contributed by atoms with Crippen LogP contribution in [0.2, 0.25) is 0 Å². The summed E-state index contributed by atoms with van der Waals surface area (Å²) in [6.45, 7) is 11.3. The van der Waals surface area contributed by atoms with Gasteiger partial charge in [-0.05, 0) is 48.0 Å². The lowest BCUT2D eigenvalue weighted by Crippen LogP contribution is -2.75. The number of esters is 1. The normalized spacial score (nSPS) is 28.9. The number of nitrogen functional groups attached to an aromatic ring is 1. The predicted molar refractivity (Wildman–Crippen MR) is 124 cm³/mol. The molecule has 3 saturated heterocycles. The highest BCUT2D eigenvalue weighted by Crippen LogP contribution is 2.49. The van der Waals surface area contributed by atoms with Crippen molar-refractivity contribution >= 4 is 46.2 Å². The van der Waals surface area contributed by atoms with Gasteiger partial charge in [-0.1, -0.05) is 23.1 Å². The van der Waals surface area contributed by atoms with Crippen molar-refractivity contribution in [1.29, 1.82) is 0 Å². The molecule has 0 spiro atoms. The molecule has 3 aliphatic rings. The van der Waals surface area contributed by atoms with Crippen molar-refractivity contribution in [2.75, 3.05) is 18.0 Å². The summed E-state index contributed by atoms with van der Waals surface area (Å²) in [7, 11) is 0. The molecule has 4 heterocycles. The average Bonchev–Trinajstić information content (AvgIpc) is 3.23. The Morgan fingerprint density at radius 3 is 2.39 bits per heavy atom. The zero-order valence-electron chi connectivity index (χ0n) is 19.7. The van der Waals surface area contributed by atoms with E-state index in [4.69, 9.17) is 15.2 Å². The minimum absolute atomic E-state index is 0.0731. The molecule has 2 amide bonds. The molecule has 33 heavy (non-hydrogen) atoms. The Kier molecular flexibility index (Phi) is 6.05. The lowest BCUT2D eigenvalue weighted by molar-refractivity contribution is -0.184. The zero-order valence-corrected chi connectivity index (χ0v) is 21.4. The third-order valence-corrected chi connectivity index (χ3v) is 7.95. The number of thioether (sulfide) groups is 1. The molecule has 1 aromatic rings. The summed E-state index contributed by atoms with van der Waals surface area (Å²) in [5, 5.41) is 8.27. The van der Waals surface area contributed by atoms with Gasteiger partial charge in [-0.2, -0.15) is 0 Å². The lowest BCUT2D eigenvalue weighted by Gasteiger charge is -2.55. The fraction of sp³-hybridized carbons (Fsp3) is 0.762. The number of piperidine rings is 1. The summed E-state index contributed by atoms with van der Waals surface area (Å²) in [6.07, 6.45) is 0.203. The summed E-state index contributed by atoms with van der Waals surface area (Å²) in [4.78, 5) is 42.5. The van der Waals surface area contributed by atoms with Crippen LogP contribution in [0.25, 0.3) is 0 Å². The maximum absolute atomic E-state index is 13.3. The first-order valence-electron chi connectivity index (χ1n) is 11.0. The summed E-state index contributed by atoms with van der Waals surface area (Å²) < 4.78 is 12.0. The highest BCUT2D eigenvalue weighted by molar-refractivity contribution is 8.01. The van der Waals surface area contributed by atoms with Crippen LogP contribution >= 0.6 is 23.1 Å². The molecule has 1 aromatic heterocycles. The van der Waals surface area contributed by atoms with Gasteiger partial charge in [0.1, 0.15) is 23.3 Å². The molecule has 2 N–H and O–H groups in total. The Morgan fingerprint density at radius 2 is 1.82 bits per heavy atom. The number of carbonyl (C=O) groups excluding carboxylic acids is 3. The van der Waals surface area contributed by atoms with Crippen molar-refractivity contribution < 1.29 is 23.9 Å². The minimum atomic E-state index is -0.703. The summed E-state index contributed by atoms with van der Waals surface area (Å²) >= 11 is 2.76. The Bertz CT molecular complexity index is 956. The Balaban J connectivity index is 1.57. The van der Waals surface area contributed by atoms with Gasteiger partial charge in [-0.3, -0.25) is 9.69 Å². The molecule has 3 unspecified atom stereocenters. The number of nitrogens with zero attached hydrogens (tertiary/aromatic N) is 4. The summed E-state index contributed by atoms with van der Waals surface area (Å²) in [5.41, 5.74) is 4.36. The Hall–Kier alpha value is -2.08. The number of hydrogen-bond acceptors (Lipinski definition) is 10. The van der Waals surface area contributed by atoms with Crippen LogP contribution in [0.4, 0.5) is 9.93 Å². The molecule has 10 nitrogen and oxygen atoms in total. The first kappa shape index (κ1) is 24.1. The van der Waals surface area contributed by atoms with Crippen LogP contribution in [-0.2, 0) is 19.1 Å². The fourth-order valence-electron chi connectivity index (χ4n) is 4.87. The second-order valence-corrected chi connectivity index (χ2v) is 13.0. The highest BCUT2D eigenvalue weighted by Gasteiger charge is 2.67. The first-order valence-corrected chi connectivity index (χ1v) is 12.8. The quantitative estimate of drug-likeness (QED) is 0.379. The van der Waals surface area contributed by atoms with E-state index in [2.05, 4.69) is 10.2 Å². The van der Waals surface area contributed by atoms with Gasteiger partial charge in [0, 0.05) is 24.1 Å². The fourth-order valence-corrected chi connectivity index (χ4v) is 6.68. The molecule has 12 heteroatoms. The van der Waals surface area contributed by atoms with Crippen molar-refractivity contribution in [2.45, 2.75) is 81.6 Å². The molecule has 0 aromatic carbocycles. The molecule has 3 aliphatic heterocycles. The number of ether oxygens (including phenoxy) is 2. The smallest absolute Gasteiger partial charge is 0.411 e. The van der Waals surface area contributed by atoms with Gasteiger partial charge < -0.3 is 20.1 Å². The number of carbonyl (C=O) groups is 3. The number of hydrogen-bond donors (Lipinski definition) is 1. The van der Waals surface area contributed by atoms with Crippen LogP contribution < -0.4 is 5.73 Å². The van der Waals surface area contributed by atoms with E-state index < -0.39 is 35.3 Å². The van der Waals surface area contributed by atoms with E-state index in [-0.39, 0.29) is 23.8 Å². The number of aromatic nitrogens is 2. The monoisotopic (exact) mass is 497 g/mol. The second-order valence-electron chi connectivity index (χ2n) is 10.8. The highest BCUT2D eigenvalue weighted by atomic mass is 32.2. The van der Waals surface area contributed by atoms with E-state index >= 15 is 0 Å². The number of likely N-dealkylation sites (tertiary alicyclic amines) is 1. The number of rotatable bonds is 4. The van der Waals surface area contributed by atoms with Crippen molar-refractivity contribution in [3.05, 3.63) is 0 Å².